The summed E-state index contributed by atoms with van der Waals surface area (Å²) >= 11 is 0. The Hall–Kier alpha value is -2.04. The first-order valence-electron chi connectivity index (χ1n) is 7.42. The fraction of sp³-hybridized carbons (Fsp3) is 0.500. The van der Waals surface area contributed by atoms with Crippen LogP contribution in [-0.4, -0.2) is 25.3 Å². The van der Waals surface area contributed by atoms with Crippen LogP contribution in [0.5, 0.6) is 5.75 Å². The number of ether oxygens (including phenoxy) is 1. The SMILES string of the molecule is COc1ccc(NCC(=O)N/N=C2\CCCCC2C)cc1. The second-order valence-corrected chi connectivity index (χ2v) is 5.37. The summed E-state index contributed by atoms with van der Waals surface area (Å²) in [5, 5.41) is 7.32. The molecule has 0 aromatic heterocycles. The highest BCUT2D eigenvalue weighted by molar-refractivity contribution is 5.89. The maximum atomic E-state index is 11.8. The van der Waals surface area contributed by atoms with E-state index in [9.17, 15) is 4.79 Å². The summed E-state index contributed by atoms with van der Waals surface area (Å²) < 4.78 is 5.09. The molecule has 0 spiro atoms. The van der Waals surface area contributed by atoms with Crippen molar-refractivity contribution in [2.45, 2.75) is 32.6 Å². The van der Waals surface area contributed by atoms with Crippen LogP contribution in [0.4, 0.5) is 5.69 Å². The number of amides is 1. The minimum Gasteiger partial charge on any atom is -0.497 e. The molecule has 5 nitrogen and oxygen atoms in total. The van der Waals surface area contributed by atoms with Gasteiger partial charge in [-0.25, -0.2) is 5.43 Å². The molecule has 1 saturated carbocycles. The van der Waals surface area contributed by atoms with Crippen LogP contribution in [0.2, 0.25) is 0 Å². The zero-order chi connectivity index (χ0) is 15.1. The average molecular weight is 289 g/mol. The molecule has 2 N–H and O–H groups in total. The molecule has 0 aliphatic heterocycles. The molecule has 0 radical (unpaired) electrons. The number of carbonyl (C=O) groups is 1. The second-order valence-electron chi connectivity index (χ2n) is 5.37. The highest BCUT2D eigenvalue weighted by atomic mass is 16.5. The molecule has 114 valence electrons. The van der Waals surface area contributed by atoms with Crippen LogP contribution in [0, 0.1) is 5.92 Å². The Morgan fingerprint density at radius 3 is 2.76 bits per heavy atom. The molecular weight excluding hydrogens is 266 g/mol. The van der Waals surface area contributed by atoms with E-state index in [1.165, 1.54) is 19.3 Å². The van der Waals surface area contributed by atoms with Crippen LogP contribution in [0.3, 0.4) is 0 Å². The molecule has 0 saturated heterocycles. The Bertz CT molecular complexity index is 497. The summed E-state index contributed by atoms with van der Waals surface area (Å²) in [5.74, 6) is 1.15. The quantitative estimate of drug-likeness (QED) is 0.819. The number of carbonyl (C=O) groups excluding carboxylic acids is 1. The standard InChI is InChI=1S/C16H23N3O2/c1-12-5-3-4-6-15(12)18-19-16(20)11-17-13-7-9-14(21-2)10-8-13/h7-10,12,17H,3-6,11H2,1-2H3,(H,19,20)/b18-15+. The topological polar surface area (TPSA) is 62.7 Å². The van der Waals surface area contributed by atoms with Crippen LogP contribution in [-0.2, 0) is 4.79 Å². The minimum absolute atomic E-state index is 0.129. The van der Waals surface area contributed by atoms with Gasteiger partial charge in [-0.15, -0.1) is 0 Å². The smallest absolute Gasteiger partial charge is 0.259 e. The van der Waals surface area contributed by atoms with Crippen molar-refractivity contribution >= 4 is 17.3 Å². The van der Waals surface area contributed by atoms with E-state index >= 15 is 0 Å². The van der Waals surface area contributed by atoms with E-state index in [2.05, 4.69) is 22.8 Å². The summed E-state index contributed by atoms with van der Waals surface area (Å²) in [6, 6.07) is 7.46. The minimum atomic E-state index is -0.129. The maximum Gasteiger partial charge on any atom is 0.259 e. The summed E-state index contributed by atoms with van der Waals surface area (Å²) in [5.41, 5.74) is 4.63. The van der Waals surface area contributed by atoms with E-state index in [-0.39, 0.29) is 12.5 Å². The van der Waals surface area contributed by atoms with Gasteiger partial charge in [0, 0.05) is 11.4 Å². The monoisotopic (exact) mass is 289 g/mol. The zero-order valence-electron chi connectivity index (χ0n) is 12.7. The first-order valence-corrected chi connectivity index (χ1v) is 7.42. The fourth-order valence-electron chi connectivity index (χ4n) is 2.40. The van der Waals surface area contributed by atoms with Gasteiger partial charge in [-0.3, -0.25) is 4.79 Å². The van der Waals surface area contributed by atoms with Gasteiger partial charge in [0.15, 0.2) is 0 Å². The Morgan fingerprint density at radius 1 is 1.33 bits per heavy atom. The third kappa shape index (κ3) is 4.77. The van der Waals surface area contributed by atoms with Crippen molar-refractivity contribution in [3.05, 3.63) is 24.3 Å². The Balaban J connectivity index is 1.77. The van der Waals surface area contributed by atoms with Crippen LogP contribution in [0.15, 0.2) is 29.4 Å². The van der Waals surface area contributed by atoms with Crippen molar-refractivity contribution in [3.8, 4) is 5.75 Å². The van der Waals surface area contributed by atoms with Gasteiger partial charge >= 0.3 is 0 Å². The van der Waals surface area contributed by atoms with Gasteiger partial charge < -0.3 is 10.1 Å². The molecule has 1 fully saturated rings. The van der Waals surface area contributed by atoms with Crippen molar-refractivity contribution in [2.75, 3.05) is 19.0 Å². The number of hydrazone groups is 1. The largest absolute Gasteiger partial charge is 0.497 e. The van der Waals surface area contributed by atoms with Gasteiger partial charge in [0.2, 0.25) is 0 Å². The van der Waals surface area contributed by atoms with Crippen molar-refractivity contribution in [2.24, 2.45) is 11.0 Å². The Morgan fingerprint density at radius 2 is 2.10 bits per heavy atom. The van der Waals surface area contributed by atoms with Crippen molar-refractivity contribution < 1.29 is 9.53 Å². The first kappa shape index (κ1) is 15.4. The van der Waals surface area contributed by atoms with E-state index in [1.807, 2.05) is 24.3 Å². The molecule has 0 bridgehead atoms. The number of hydrogen-bond donors (Lipinski definition) is 2. The average Bonchev–Trinajstić information content (AvgIpc) is 2.52. The lowest BCUT2D eigenvalue weighted by Crippen LogP contribution is -2.28. The number of nitrogens with zero attached hydrogens (tertiary/aromatic N) is 1. The highest BCUT2D eigenvalue weighted by Gasteiger charge is 2.15. The summed E-state index contributed by atoms with van der Waals surface area (Å²) in [6.07, 6.45) is 4.59. The van der Waals surface area contributed by atoms with Gasteiger partial charge in [-0.05, 0) is 49.4 Å². The Labute approximate surface area is 125 Å². The predicted molar refractivity (Wildman–Crippen MR) is 84.7 cm³/mol. The molecule has 1 amide bonds. The number of anilines is 1. The fourth-order valence-corrected chi connectivity index (χ4v) is 2.40. The lowest BCUT2D eigenvalue weighted by molar-refractivity contribution is -0.119. The molecule has 1 aliphatic carbocycles. The molecule has 21 heavy (non-hydrogen) atoms. The summed E-state index contributed by atoms with van der Waals surface area (Å²) in [7, 11) is 1.63. The van der Waals surface area contributed by atoms with Crippen molar-refractivity contribution in [3.63, 3.8) is 0 Å². The Kier molecular flexibility index (Phi) is 5.60. The number of methoxy groups -OCH3 is 1. The van der Waals surface area contributed by atoms with Crippen LogP contribution in [0.25, 0.3) is 0 Å². The van der Waals surface area contributed by atoms with Gasteiger partial charge in [-0.1, -0.05) is 13.3 Å². The van der Waals surface area contributed by atoms with Crippen molar-refractivity contribution in [1.82, 2.24) is 5.43 Å². The zero-order valence-corrected chi connectivity index (χ0v) is 12.7. The van der Waals surface area contributed by atoms with Crippen LogP contribution < -0.4 is 15.5 Å². The van der Waals surface area contributed by atoms with Gasteiger partial charge in [0.1, 0.15) is 5.75 Å². The lowest BCUT2D eigenvalue weighted by Gasteiger charge is -2.19. The molecule has 5 heteroatoms. The predicted octanol–water partition coefficient (Wildman–Crippen LogP) is 2.79. The number of nitrogens with one attached hydrogen (secondary N) is 2. The molecule has 0 heterocycles. The molecule has 1 aliphatic rings. The molecule has 1 aromatic rings. The van der Waals surface area contributed by atoms with Crippen molar-refractivity contribution in [1.29, 1.82) is 0 Å². The van der Waals surface area contributed by atoms with Crippen LogP contribution in [0.1, 0.15) is 32.6 Å². The third-order valence-corrected chi connectivity index (χ3v) is 3.76. The van der Waals surface area contributed by atoms with E-state index < -0.39 is 0 Å². The first-order chi connectivity index (χ1) is 10.2. The summed E-state index contributed by atoms with van der Waals surface area (Å²) in [4.78, 5) is 11.8. The highest BCUT2D eigenvalue weighted by Crippen LogP contribution is 2.20. The number of rotatable bonds is 5. The maximum absolute atomic E-state index is 11.8. The number of benzene rings is 1. The number of hydrogen-bond acceptors (Lipinski definition) is 4. The lowest BCUT2D eigenvalue weighted by atomic mass is 9.89. The molecule has 1 atom stereocenters. The molecule has 1 aromatic carbocycles. The van der Waals surface area contributed by atoms with E-state index in [4.69, 9.17) is 4.74 Å². The van der Waals surface area contributed by atoms with E-state index in [0.29, 0.717) is 5.92 Å². The summed E-state index contributed by atoms with van der Waals surface area (Å²) in [6.45, 7) is 2.37. The van der Waals surface area contributed by atoms with E-state index in [1.54, 1.807) is 7.11 Å². The molecular formula is C16H23N3O2. The van der Waals surface area contributed by atoms with Gasteiger partial charge in [-0.2, -0.15) is 5.10 Å². The van der Waals surface area contributed by atoms with Gasteiger partial charge in [0.05, 0.1) is 13.7 Å². The van der Waals surface area contributed by atoms with E-state index in [0.717, 1.165) is 23.6 Å². The molecule has 2 rings (SSSR count). The van der Waals surface area contributed by atoms with Crippen LogP contribution >= 0.6 is 0 Å². The normalized spacial score (nSPS) is 20.1. The third-order valence-electron chi connectivity index (χ3n) is 3.76. The second kappa shape index (κ2) is 7.67. The molecule has 1 unspecified atom stereocenters. The van der Waals surface area contributed by atoms with Gasteiger partial charge in [0.25, 0.3) is 5.91 Å².